The van der Waals surface area contributed by atoms with Gasteiger partial charge in [-0.05, 0) is 19.9 Å². The Bertz CT molecular complexity index is 620. The molecule has 0 fully saturated rings. The van der Waals surface area contributed by atoms with Crippen molar-refractivity contribution in [3.8, 4) is 5.75 Å². The van der Waals surface area contributed by atoms with Crippen molar-refractivity contribution in [2.45, 2.75) is 26.1 Å². The van der Waals surface area contributed by atoms with Crippen LogP contribution >= 0.6 is 23.2 Å². The third-order valence-electron chi connectivity index (χ3n) is 3.20. The Morgan fingerprint density at radius 1 is 1.43 bits per heavy atom. The van der Waals surface area contributed by atoms with Crippen LogP contribution < -0.4 is 4.74 Å². The van der Waals surface area contributed by atoms with Gasteiger partial charge in [-0.15, -0.1) is 0 Å². The molecule has 0 bridgehead atoms. The van der Waals surface area contributed by atoms with Gasteiger partial charge in [0.1, 0.15) is 24.2 Å². The first-order valence-corrected chi connectivity index (χ1v) is 7.78. The van der Waals surface area contributed by atoms with Gasteiger partial charge in [0.25, 0.3) is 0 Å². The second kappa shape index (κ2) is 7.86. The monoisotopic (exact) mass is 361 g/mol. The number of carbonyl (C=O) groups excluding carboxylic acids is 1. The third kappa shape index (κ3) is 4.07. The Morgan fingerprint density at radius 2 is 2.13 bits per heavy atom. The van der Waals surface area contributed by atoms with Crippen molar-refractivity contribution in [1.29, 1.82) is 0 Å². The van der Waals surface area contributed by atoms with E-state index in [-0.39, 0.29) is 6.10 Å². The molecule has 0 amide bonds. The van der Waals surface area contributed by atoms with Crippen LogP contribution in [-0.4, -0.2) is 44.2 Å². The number of hydrogen-bond acceptors (Lipinski definition) is 6. The fourth-order valence-corrected chi connectivity index (χ4v) is 2.41. The quantitative estimate of drug-likeness (QED) is 0.728. The molecule has 1 aromatic carbocycles. The molecule has 2 rings (SSSR count). The van der Waals surface area contributed by atoms with E-state index in [1.807, 2.05) is 6.92 Å². The molecular formula is C15H17Cl2NO5. The summed E-state index contributed by atoms with van der Waals surface area (Å²) >= 11 is 12.2. The second-order valence-corrected chi connectivity index (χ2v) is 5.58. The molecule has 1 aliphatic heterocycles. The summed E-state index contributed by atoms with van der Waals surface area (Å²) in [6.07, 6.45) is -1.16. The van der Waals surface area contributed by atoms with E-state index in [1.165, 1.54) is 13.2 Å². The van der Waals surface area contributed by atoms with E-state index in [0.717, 1.165) is 0 Å². The van der Waals surface area contributed by atoms with Crippen molar-refractivity contribution in [3.05, 3.63) is 27.7 Å². The summed E-state index contributed by atoms with van der Waals surface area (Å²) < 4.78 is 15.9. The van der Waals surface area contributed by atoms with Crippen molar-refractivity contribution in [2.75, 3.05) is 20.3 Å². The Kier molecular flexibility index (Phi) is 6.10. The van der Waals surface area contributed by atoms with E-state index in [2.05, 4.69) is 9.89 Å². The molecule has 0 radical (unpaired) electrons. The van der Waals surface area contributed by atoms with E-state index in [9.17, 15) is 4.79 Å². The van der Waals surface area contributed by atoms with Crippen LogP contribution in [0.4, 0.5) is 0 Å². The van der Waals surface area contributed by atoms with Gasteiger partial charge < -0.3 is 19.0 Å². The lowest BCUT2D eigenvalue weighted by atomic mass is 10.0. The predicted octanol–water partition coefficient (Wildman–Crippen LogP) is 3.07. The summed E-state index contributed by atoms with van der Waals surface area (Å²) in [4.78, 5) is 16.7. The fourth-order valence-electron chi connectivity index (χ4n) is 2.09. The molecule has 1 aliphatic rings. The summed E-state index contributed by atoms with van der Waals surface area (Å²) in [5, 5.41) is 4.64. The molecule has 1 aromatic rings. The number of halogens is 2. The average Bonchev–Trinajstić information content (AvgIpc) is 2.98. The van der Waals surface area contributed by atoms with Gasteiger partial charge in [-0.25, -0.2) is 4.79 Å². The van der Waals surface area contributed by atoms with Gasteiger partial charge in [0.2, 0.25) is 0 Å². The van der Waals surface area contributed by atoms with Crippen molar-refractivity contribution in [2.24, 2.45) is 5.16 Å². The lowest BCUT2D eigenvalue weighted by Crippen LogP contribution is -2.28. The standard InChI is InChI=1S/C15H17Cl2NO5/c1-4-21-13-7-22-18-14(13)9-5-10(16)11(17)6-12(9)23-8(2)15(19)20-3/h5-6,8,13H,4,7H2,1-3H3/t8-,13+/m0/s1. The first-order valence-electron chi connectivity index (χ1n) is 7.03. The minimum atomic E-state index is -0.815. The number of rotatable bonds is 6. The maximum absolute atomic E-state index is 11.6. The van der Waals surface area contributed by atoms with Crippen LogP contribution in [0.2, 0.25) is 10.0 Å². The number of ether oxygens (including phenoxy) is 3. The molecule has 0 saturated carbocycles. The third-order valence-corrected chi connectivity index (χ3v) is 3.92. The molecule has 23 heavy (non-hydrogen) atoms. The molecule has 1 heterocycles. The number of carbonyl (C=O) groups is 1. The van der Waals surface area contributed by atoms with Crippen LogP contribution in [0.25, 0.3) is 0 Å². The molecule has 0 aromatic heterocycles. The normalized spacial score (nSPS) is 18.1. The van der Waals surface area contributed by atoms with Gasteiger partial charge in [-0.3, -0.25) is 0 Å². The van der Waals surface area contributed by atoms with Gasteiger partial charge in [-0.1, -0.05) is 28.4 Å². The predicted molar refractivity (Wildman–Crippen MR) is 86.5 cm³/mol. The van der Waals surface area contributed by atoms with Crippen LogP contribution in [0.1, 0.15) is 19.4 Å². The Balaban J connectivity index is 2.38. The molecule has 126 valence electrons. The minimum Gasteiger partial charge on any atom is -0.478 e. The Hall–Kier alpha value is -1.50. The maximum Gasteiger partial charge on any atom is 0.346 e. The maximum atomic E-state index is 11.6. The molecule has 2 atom stereocenters. The number of nitrogens with zero attached hydrogens (tertiary/aromatic N) is 1. The Labute approximate surface area is 144 Å². The highest BCUT2D eigenvalue weighted by Gasteiger charge is 2.29. The van der Waals surface area contributed by atoms with Crippen molar-refractivity contribution < 1.29 is 23.8 Å². The smallest absolute Gasteiger partial charge is 0.346 e. The minimum absolute atomic E-state index is 0.301. The lowest BCUT2D eigenvalue weighted by Gasteiger charge is -2.18. The summed E-state index contributed by atoms with van der Waals surface area (Å²) in [6, 6.07) is 3.14. The van der Waals surface area contributed by atoms with Crippen LogP contribution in [0.3, 0.4) is 0 Å². The molecular weight excluding hydrogens is 345 g/mol. The van der Waals surface area contributed by atoms with Gasteiger partial charge in [0.05, 0.1) is 17.2 Å². The van der Waals surface area contributed by atoms with Gasteiger partial charge in [-0.2, -0.15) is 0 Å². The molecule has 6 nitrogen and oxygen atoms in total. The zero-order chi connectivity index (χ0) is 17.0. The molecule has 8 heteroatoms. The number of hydrogen-bond donors (Lipinski definition) is 0. The van der Waals surface area contributed by atoms with E-state index < -0.39 is 12.1 Å². The first-order chi connectivity index (χ1) is 11.0. The fraction of sp³-hybridized carbons (Fsp3) is 0.467. The highest BCUT2D eigenvalue weighted by molar-refractivity contribution is 6.42. The number of benzene rings is 1. The zero-order valence-corrected chi connectivity index (χ0v) is 14.5. The van der Waals surface area contributed by atoms with Crippen molar-refractivity contribution in [1.82, 2.24) is 0 Å². The summed E-state index contributed by atoms with van der Waals surface area (Å²) in [5.74, 6) is -0.153. The van der Waals surface area contributed by atoms with E-state index in [1.54, 1.807) is 13.0 Å². The molecule has 0 unspecified atom stereocenters. The average molecular weight is 362 g/mol. The van der Waals surface area contributed by atoms with Gasteiger partial charge in [0, 0.05) is 18.2 Å². The summed E-state index contributed by atoms with van der Waals surface area (Å²) in [5.41, 5.74) is 1.10. The van der Waals surface area contributed by atoms with Crippen molar-refractivity contribution >= 4 is 34.9 Å². The molecule has 0 spiro atoms. The second-order valence-electron chi connectivity index (χ2n) is 4.76. The van der Waals surface area contributed by atoms with Crippen LogP contribution in [0, 0.1) is 0 Å². The zero-order valence-electron chi connectivity index (χ0n) is 13.0. The SMILES string of the molecule is CCO[C@@H]1CON=C1c1cc(Cl)c(Cl)cc1O[C@@H](C)C(=O)OC. The van der Waals surface area contributed by atoms with Crippen molar-refractivity contribution in [3.63, 3.8) is 0 Å². The van der Waals surface area contributed by atoms with Gasteiger partial charge in [0.15, 0.2) is 6.10 Å². The van der Waals surface area contributed by atoms with E-state index in [0.29, 0.717) is 40.3 Å². The first kappa shape index (κ1) is 17.8. The molecule has 0 aliphatic carbocycles. The van der Waals surface area contributed by atoms with Gasteiger partial charge >= 0.3 is 5.97 Å². The number of esters is 1. The van der Waals surface area contributed by atoms with E-state index >= 15 is 0 Å². The molecule has 0 N–H and O–H groups in total. The molecule has 0 saturated heterocycles. The van der Waals surface area contributed by atoms with Crippen LogP contribution in [-0.2, 0) is 19.1 Å². The van der Waals surface area contributed by atoms with E-state index in [4.69, 9.17) is 37.5 Å². The number of oxime groups is 1. The van der Waals surface area contributed by atoms with Crippen LogP contribution in [0.15, 0.2) is 17.3 Å². The summed E-state index contributed by atoms with van der Waals surface area (Å²) in [6.45, 7) is 4.26. The van der Waals surface area contributed by atoms with Crippen LogP contribution in [0.5, 0.6) is 5.75 Å². The topological polar surface area (TPSA) is 66.3 Å². The largest absolute Gasteiger partial charge is 0.478 e. The highest BCUT2D eigenvalue weighted by atomic mass is 35.5. The Morgan fingerprint density at radius 3 is 2.78 bits per heavy atom. The number of methoxy groups -OCH3 is 1. The summed E-state index contributed by atoms with van der Waals surface area (Å²) in [7, 11) is 1.29. The highest BCUT2D eigenvalue weighted by Crippen LogP contribution is 2.33. The lowest BCUT2D eigenvalue weighted by molar-refractivity contribution is -0.147.